The van der Waals surface area contributed by atoms with Crippen molar-refractivity contribution >= 4 is 22.6 Å². The van der Waals surface area contributed by atoms with Gasteiger partial charge in [0, 0.05) is 44.7 Å². The second-order valence-electron chi connectivity index (χ2n) is 7.43. The predicted octanol–water partition coefficient (Wildman–Crippen LogP) is 1.86. The Morgan fingerprint density at radius 3 is 2.83 bits per heavy atom. The molecule has 1 aliphatic rings. The minimum atomic E-state index is -0.180. The monoisotopic (exact) mass is 402 g/mol. The topological polar surface area (TPSA) is 106 Å². The number of rotatable bonds is 4. The lowest BCUT2D eigenvalue weighted by molar-refractivity contribution is -0.131. The zero-order chi connectivity index (χ0) is 21.1. The standard InChI is InChI=1S/C22H22N6O2/c1-15-14-27(10-11-28(15)20-8-6-16(12-23)13-24-20)21(29)9-7-19-25-18-5-3-2-4-17(18)22(30)26-19/h2-6,8,13,15H,7,9-11,14H2,1H3,(H,25,26,30)/t15-/m1/s1. The van der Waals surface area contributed by atoms with Gasteiger partial charge in [0.05, 0.1) is 16.5 Å². The van der Waals surface area contributed by atoms with Crippen LogP contribution in [0.3, 0.4) is 0 Å². The van der Waals surface area contributed by atoms with E-state index in [1.165, 1.54) is 0 Å². The quantitative estimate of drug-likeness (QED) is 0.714. The third kappa shape index (κ3) is 4.01. The minimum Gasteiger partial charge on any atom is -0.350 e. The van der Waals surface area contributed by atoms with Crippen molar-refractivity contribution in [1.29, 1.82) is 5.26 Å². The Hall–Kier alpha value is -3.73. The van der Waals surface area contributed by atoms with Gasteiger partial charge in [-0.1, -0.05) is 12.1 Å². The summed E-state index contributed by atoms with van der Waals surface area (Å²) in [6.07, 6.45) is 2.25. The van der Waals surface area contributed by atoms with Gasteiger partial charge in [-0.25, -0.2) is 9.97 Å². The number of nitriles is 1. The summed E-state index contributed by atoms with van der Waals surface area (Å²) in [4.78, 5) is 40.5. The number of pyridine rings is 1. The second kappa shape index (κ2) is 8.33. The largest absolute Gasteiger partial charge is 0.350 e. The maximum Gasteiger partial charge on any atom is 0.258 e. The first-order valence-electron chi connectivity index (χ1n) is 9.93. The highest BCUT2D eigenvalue weighted by atomic mass is 16.2. The van der Waals surface area contributed by atoms with E-state index in [0.717, 1.165) is 5.82 Å². The molecule has 1 aliphatic heterocycles. The number of carbonyl (C=O) groups is 1. The van der Waals surface area contributed by atoms with Crippen LogP contribution >= 0.6 is 0 Å². The average molecular weight is 402 g/mol. The smallest absolute Gasteiger partial charge is 0.258 e. The number of H-pyrrole nitrogens is 1. The number of hydrogen-bond donors (Lipinski definition) is 1. The molecule has 0 aliphatic carbocycles. The number of anilines is 1. The molecule has 4 rings (SSSR count). The molecule has 0 bridgehead atoms. The Kier molecular flexibility index (Phi) is 5.44. The number of aryl methyl sites for hydroxylation is 1. The summed E-state index contributed by atoms with van der Waals surface area (Å²) in [5, 5.41) is 9.46. The van der Waals surface area contributed by atoms with Gasteiger partial charge < -0.3 is 14.8 Å². The molecule has 1 atom stereocenters. The number of carbonyl (C=O) groups excluding carboxylic acids is 1. The summed E-state index contributed by atoms with van der Waals surface area (Å²) in [5.74, 6) is 1.39. The summed E-state index contributed by atoms with van der Waals surface area (Å²) < 4.78 is 0. The number of fused-ring (bicyclic) bond motifs is 1. The second-order valence-corrected chi connectivity index (χ2v) is 7.43. The number of nitrogens with one attached hydrogen (secondary N) is 1. The van der Waals surface area contributed by atoms with E-state index >= 15 is 0 Å². The highest BCUT2D eigenvalue weighted by Gasteiger charge is 2.27. The number of aromatic amines is 1. The molecule has 1 fully saturated rings. The van der Waals surface area contributed by atoms with Crippen LogP contribution in [0.2, 0.25) is 0 Å². The summed E-state index contributed by atoms with van der Waals surface area (Å²) in [7, 11) is 0. The predicted molar refractivity (Wildman–Crippen MR) is 113 cm³/mol. The van der Waals surface area contributed by atoms with Crippen molar-refractivity contribution in [3.8, 4) is 6.07 Å². The SMILES string of the molecule is C[C@@H]1CN(C(=O)CCc2nc3ccccc3c(=O)[nH]2)CCN1c1ccc(C#N)cn1. The number of hydrogen-bond acceptors (Lipinski definition) is 6. The zero-order valence-corrected chi connectivity index (χ0v) is 16.7. The van der Waals surface area contributed by atoms with Gasteiger partial charge in [0.15, 0.2) is 0 Å². The Balaban J connectivity index is 1.37. The molecule has 0 unspecified atom stereocenters. The van der Waals surface area contributed by atoms with Crippen LogP contribution < -0.4 is 10.5 Å². The summed E-state index contributed by atoms with van der Waals surface area (Å²) in [6.45, 7) is 3.94. The molecule has 0 radical (unpaired) electrons. The van der Waals surface area contributed by atoms with Crippen molar-refractivity contribution in [3.05, 3.63) is 64.3 Å². The number of nitrogens with zero attached hydrogens (tertiary/aromatic N) is 5. The number of piperazine rings is 1. The Morgan fingerprint density at radius 1 is 1.27 bits per heavy atom. The molecule has 0 saturated carbocycles. The number of amides is 1. The van der Waals surface area contributed by atoms with Crippen LogP contribution in [0.4, 0.5) is 5.82 Å². The van der Waals surface area contributed by atoms with Gasteiger partial charge in [0.2, 0.25) is 5.91 Å². The number of aromatic nitrogens is 3. The first kappa shape index (κ1) is 19.6. The highest BCUT2D eigenvalue weighted by molar-refractivity contribution is 5.78. The van der Waals surface area contributed by atoms with Crippen molar-refractivity contribution < 1.29 is 4.79 Å². The van der Waals surface area contributed by atoms with Gasteiger partial charge in [0.1, 0.15) is 17.7 Å². The molecular formula is C22H22N6O2. The van der Waals surface area contributed by atoms with Gasteiger partial charge >= 0.3 is 0 Å². The highest BCUT2D eigenvalue weighted by Crippen LogP contribution is 2.19. The molecule has 8 nitrogen and oxygen atoms in total. The van der Waals surface area contributed by atoms with Crippen molar-refractivity contribution in [2.45, 2.75) is 25.8 Å². The fourth-order valence-electron chi connectivity index (χ4n) is 3.78. The summed E-state index contributed by atoms with van der Waals surface area (Å²) in [6, 6.07) is 13.0. The molecule has 3 heterocycles. The van der Waals surface area contributed by atoms with Gasteiger partial charge in [-0.3, -0.25) is 9.59 Å². The molecule has 8 heteroatoms. The molecule has 1 N–H and O–H groups in total. The fraction of sp³-hybridized carbons (Fsp3) is 0.318. The van der Waals surface area contributed by atoms with E-state index in [0.29, 0.717) is 54.8 Å². The Bertz CT molecular complexity index is 1160. The van der Waals surface area contributed by atoms with Crippen LogP contribution in [0.5, 0.6) is 0 Å². The molecule has 0 spiro atoms. The van der Waals surface area contributed by atoms with Crippen molar-refractivity contribution in [2.75, 3.05) is 24.5 Å². The van der Waals surface area contributed by atoms with Gasteiger partial charge in [-0.2, -0.15) is 5.26 Å². The fourth-order valence-corrected chi connectivity index (χ4v) is 3.78. The summed E-state index contributed by atoms with van der Waals surface area (Å²) in [5.41, 5.74) is 0.988. The first-order valence-corrected chi connectivity index (χ1v) is 9.93. The lowest BCUT2D eigenvalue weighted by Crippen LogP contribution is -2.54. The van der Waals surface area contributed by atoms with E-state index < -0.39 is 0 Å². The summed E-state index contributed by atoms with van der Waals surface area (Å²) >= 11 is 0. The zero-order valence-electron chi connectivity index (χ0n) is 16.7. The first-order chi connectivity index (χ1) is 14.5. The normalized spacial score (nSPS) is 16.5. The van der Waals surface area contributed by atoms with E-state index in [1.807, 2.05) is 17.0 Å². The lowest BCUT2D eigenvalue weighted by Gasteiger charge is -2.40. The average Bonchev–Trinajstić information content (AvgIpc) is 2.77. The van der Waals surface area contributed by atoms with E-state index in [4.69, 9.17) is 5.26 Å². The lowest BCUT2D eigenvalue weighted by atomic mass is 10.1. The maximum absolute atomic E-state index is 12.7. The molecular weight excluding hydrogens is 380 g/mol. The van der Waals surface area contributed by atoms with Crippen molar-refractivity contribution in [1.82, 2.24) is 19.9 Å². The van der Waals surface area contributed by atoms with Crippen LogP contribution in [-0.4, -0.2) is 51.4 Å². The molecule has 1 saturated heterocycles. The van der Waals surface area contributed by atoms with Gasteiger partial charge in [-0.15, -0.1) is 0 Å². The number of benzene rings is 1. The van der Waals surface area contributed by atoms with Crippen LogP contribution in [0.25, 0.3) is 10.9 Å². The van der Waals surface area contributed by atoms with Gasteiger partial charge in [0.25, 0.3) is 5.56 Å². The molecule has 30 heavy (non-hydrogen) atoms. The van der Waals surface area contributed by atoms with Crippen LogP contribution in [0.15, 0.2) is 47.4 Å². The third-order valence-electron chi connectivity index (χ3n) is 5.39. The minimum absolute atomic E-state index is 0.0464. The van der Waals surface area contributed by atoms with E-state index in [-0.39, 0.29) is 17.5 Å². The van der Waals surface area contributed by atoms with E-state index in [9.17, 15) is 9.59 Å². The third-order valence-corrected chi connectivity index (χ3v) is 5.39. The van der Waals surface area contributed by atoms with E-state index in [2.05, 4.69) is 32.8 Å². The van der Waals surface area contributed by atoms with Crippen LogP contribution in [0, 0.1) is 11.3 Å². The van der Waals surface area contributed by atoms with Gasteiger partial charge in [-0.05, 0) is 31.2 Å². The van der Waals surface area contributed by atoms with Crippen molar-refractivity contribution in [2.24, 2.45) is 0 Å². The Morgan fingerprint density at radius 2 is 2.10 bits per heavy atom. The Labute approximate surface area is 173 Å². The molecule has 1 amide bonds. The molecule has 152 valence electrons. The molecule has 1 aromatic carbocycles. The number of para-hydroxylation sites is 1. The molecule has 3 aromatic rings. The van der Waals surface area contributed by atoms with Crippen LogP contribution in [-0.2, 0) is 11.2 Å². The van der Waals surface area contributed by atoms with E-state index in [1.54, 1.807) is 30.5 Å². The van der Waals surface area contributed by atoms with Crippen molar-refractivity contribution in [3.63, 3.8) is 0 Å². The maximum atomic E-state index is 12.7. The molecule has 2 aromatic heterocycles. The van der Waals surface area contributed by atoms with Crippen LogP contribution in [0.1, 0.15) is 24.7 Å².